The number of carbonyl (C=O) groups excluding carboxylic acids is 2. The number of hydrogen-bond donors (Lipinski definition) is 3. The second-order valence-electron chi connectivity index (χ2n) is 7.65. The molecule has 136 valence electrons. The minimum atomic E-state index is -1.18. The largest absolute Gasteiger partial charge is 0.480 e. The molecule has 2 rings (SSSR count). The molecule has 0 radical (unpaired) electrons. The molecule has 1 aliphatic rings. The summed E-state index contributed by atoms with van der Waals surface area (Å²) >= 11 is 0. The van der Waals surface area contributed by atoms with Crippen LogP contribution in [-0.4, -0.2) is 35.0 Å². The minimum Gasteiger partial charge on any atom is -0.480 e. The highest BCUT2D eigenvalue weighted by atomic mass is 16.4. The van der Waals surface area contributed by atoms with Crippen molar-refractivity contribution in [2.24, 2.45) is 0 Å². The Labute approximate surface area is 148 Å². The number of nitrogens with one attached hydrogen (secondary N) is 2. The first-order valence-electron chi connectivity index (χ1n) is 8.57. The maximum Gasteiger partial charge on any atom is 0.329 e. The monoisotopic (exact) mass is 346 g/mol. The number of rotatable bonds is 5. The number of amides is 2. The Morgan fingerprint density at radius 2 is 1.64 bits per heavy atom. The van der Waals surface area contributed by atoms with E-state index in [2.05, 4.69) is 31.4 Å². The van der Waals surface area contributed by atoms with Gasteiger partial charge in [-0.3, -0.25) is 9.59 Å². The number of benzene rings is 1. The predicted molar refractivity (Wildman–Crippen MR) is 94.5 cm³/mol. The lowest BCUT2D eigenvalue weighted by Gasteiger charge is -2.25. The SMILES string of the molecule is CC(C)(C)c1ccc(C(=O)NCC(=O)NC2(C(=O)O)CCCC2)cc1. The lowest BCUT2D eigenvalue weighted by atomic mass is 9.87. The van der Waals surface area contributed by atoms with Crippen LogP contribution < -0.4 is 10.6 Å². The molecule has 6 nitrogen and oxygen atoms in total. The second kappa shape index (κ2) is 7.25. The Hall–Kier alpha value is -2.37. The van der Waals surface area contributed by atoms with E-state index in [1.165, 1.54) is 0 Å². The van der Waals surface area contributed by atoms with Crippen molar-refractivity contribution in [1.82, 2.24) is 10.6 Å². The maximum atomic E-state index is 12.2. The van der Waals surface area contributed by atoms with Gasteiger partial charge in [0.15, 0.2) is 0 Å². The Morgan fingerprint density at radius 1 is 1.08 bits per heavy atom. The molecule has 0 saturated heterocycles. The average molecular weight is 346 g/mol. The molecule has 1 fully saturated rings. The molecule has 0 atom stereocenters. The van der Waals surface area contributed by atoms with E-state index in [1.54, 1.807) is 12.1 Å². The van der Waals surface area contributed by atoms with Crippen molar-refractivity contribution in [2.45, 2.75) is 57.4 Å². The molecule has 6 heteroatoms. The lowest BCUT2D eigenvalue weighted by Crippen LogP contribution is -2.54. The molecule has 1 aliphatic carbocycles. The summed E-state index contributed by atoms with van der Waals surface area (Å²) in [4.78, 5) is 35.6. The van der Waals surface area contributed by atoms with Gasteiger partial charge in [-0.15, -0.1) is 0 Å². The molecule has 25 heavy (non-hydrogen) atoms. The minimum absolute atomic E-state index is 0.00131. The highest BCUT2D eigenvalue weighted by Gasteiger charge is 2.42. The summed E-state index contributed by atoms with van der Waals surface area (Å²) in [5, 5.41) is 14.5. The van der Waals surface area contributed by atoms with Crippen LogP contribution in [0, 0.1) is 0 Å². The van der Waals surface area contributed by atoms with E-state index in [0.717, 1.165) is 18.4 Å². The molecule has 2 amide bonds. The fourth-order valence-electron chi connectivity index (χ4n) is 3.07. The number of hydrogen-bond acceptors (Lipinski definition) is 3. The average Bonchev–Trinajstić information content (AvgIpc) is 3.02. The van der Waals surface area contributed by atoms with Crippen molar-refractivity contribution in [3.63, 3.8) is 0 Å². The summed E-state index contributed by atoms with van der Waals surface area (Å²) < 4.78 is 0. The van der Waals surface area contributed by atoms with E-state index in [1.807, 2.05) is 12.1 Å². The van der Waals surface area contributed by atoms with E-state index in [4.69, 9.17) is 0 Å². The van der Waals surface area contributed by atoms with Crippen molar-refractivity contribution in [3.8, 4) is 0 Å². The van der Waals surface area contributed by atoms with Gasteiger partial charge in [0.1, 0.15) is 5.54 Å². The van der Waals surface area contributed by atoms with Gasteiger partial charge in [0.05, 0.1) is 6.54 Å². The van der Waals surface area contributed by atoms with Gasteiger partial charge in [-0.05, 0) is 36.0 Å². The Kier molecular flexibility index (Phi) is 5.50. The van der Waals surface area contributed by atoms with Crippen LogP contribution in [0.2, 0.25) is 0 Å². The first-order valence-corrected chi connectivity index (χ1v) is 8.57. The summed E-state index contributed by atoms with van der Waals surface area (Å²) in [6, 6.07) is 7.24. The van der Waals surface area contributed by atoms with Crippen LogP contribution in [0.25, 0.3) is 0 Å². The van der Waals surface area contributed by atoms with Crippen molar-refractivity contribution >= 4 is 17.8 Å². The molecule has 0 aromatic heterocycles. The molecule has 1 aromatic rings. The molecular weight excluding hydrogens is 320 g/mol. The summed E-state index contributed by atoms with van der Waals surface area (Å²) in [5.74, 6) is -1.85. The fourth-order valence-corrected chi connectivity index (χ4v) is 3.07. The zero-order chi connectivity index (χ0) is 18.7. The van der Waals surface area contributed by atoms with Crippen molar-refractivity contribution in [1.29, 1.82) is 0 Å². The maximum absolute atomic E-state index is 12.2. The number of carbonyl (C=O) groups is 3. The highest BCUT2D eigenvalue weighted by molar-refractivity contribution is 5.97. The van der Waals surface area contributed by atoms with E-state index in [9.17, 15) is 19.5 Å². The predicted octanol–water partition coefficient (Wildman–Crippen LogP) is 2.23. The van der Waals surface area contributed by atoms with Crippen LogP contribution in [0.3, 0.4) is 0 Å². The Morgan fingerprint density at radius 3 is 2.12 bits per heavy atom. The third-order valence-corrected chi connectivity index (χ3v) is 4.67. The van der Waals surface area contributed by atoms with E-state index < -0.39 is 17.4 Å². The van der Waals surface area contributed by atoms with E-state index in [-0.39, 0.29) is 17.9 Å². The normalized spacial score (nSPS) is 16.3. The molecule has 0 unspecified atom stereocenters. The summed E-state index contributed by atoms with van der Waals surface area (Å²) in [6.45, 7) is 6.03. The van der Waals surface area contributed by atoms with Gasteiger partial charge in [-0.2, -0.15) is 0 Å². The molecule has 3 N–H and O–H groups in total. The number of carboxylic acids is 1. The van der Waals surface area contributed by atoms with Gasteiger partial charge < -0.3 is 15.7 Å². The first kappa shape index (κ1) is 19.0. The Bertz CT molecular complexity index is 653. The third kappa shape index (κ3) is 4.59. The molecule has 1 aromatic carbocycles. The second-order valence-corrected chi connectivity index (χ2v) is 7.65. The lowest BCUT2D eigenvalue weighted by molar-refractivity contribution is -0.147. The van der Waals surface area contributed by atoms with E-state index >= 15 is 0 Å². The smallest absolute Gasteiger partial charge is 0.329 e. The molecule has 0 spiro atoms. The topological polar surface area (TPSA) is 95.5 Å². The fraction of sp³-hybridized carbons (Fsp3) is 0.526. The number of aliphatic carboxylic acids is 1. The van der Waals surface area contributed by atoms with Gasteiger partial charge in [0, 0.05) is 5.56 Å². The van der Waals surface area contributed by atoms with Crippen LogP contribution in [0.15, 0.2) is 24.3 Å². The third-order valence-electron chi connectivity index (χ3n) is 4.67. The van der Waals surface area contributed by atoms with Crippen LogP contribution in [-0.2, 0) is 15.0 Å². The molecule has 0 heterocycles. The number of carboxylic acid groups (broad SMARTS) is 1. The zero-order valence-corrected chi connectivity index (χ0v) is 15.0. The van der Waals surface area contributed by atoms with E-state index in [0.29, 0.717) is 18.4 Å². The summed E-state index contributed by atoms with van der Waals surface area (Å²) in [6.07, 6.45) is 2.41. The highest BCUT2D eigenvalue weighted by Crippen LogP contribution is 2.29. The van der Waals surface area contributed by atoms with Crippen LogP contribution in [0.4, 0.5) is 0 Å². The Balaban J connectivity index is 1.91. The summed E-state index contributed by atoms with van der Waals surface area (Å²) in [7, 11) is 0. The van der Waals surface area contributed by atoms with Gasteiger partial charge in [0.2, 0.25) is 5.91 Å². The van der Waals surface area contributed by atoms with Crippen LogP contribution in [0.5, 0.6) is 0 Å². The van der Waals surface area contributed by atoms with Crippen molar-refractivity contribution in [3.05, 3.63) is 35.4 Å². The van der Waals surface area contributed by atoms with Gasteiger partial charge in [0.25, 0.3) is 5.91 Å². The zero-order valence-electron chi connectivity index (χ0n) is 15.0. The quantitative estimate of drug-likeness (QED) is 0.762. The van der Waals surface area contributed by atoms with Crippen LogP contribution >= 0.6 is 0 Å². The molecule has 0 bridgehead atoms. The van der Waals surface area contributed by atoms with Gasteiger partial charge in [-0.25, -0.2) is 4.79 Å². The van der Waals surface area contributed by atoms with Gasteiger partial charge in [-0.1, -0.05) is 45.7 Å². The molecular formula is C19H26N2O4. The molecule has 1 saturated carbocycles. The van der Waals surface area contributed by atoms with Crippen molar-refractivity contribution in [2.75, 3.05) is 6.54 Å². The molecule has 0 aliphatic heterocycles. The van der Waals surface area contributed by atoms with Crippen molar-refractivity contribution < 1.29 is 19.5 Å². The van der Waals surface area contributed by atoms with Gasteiger partial charge >= 0.3 is 5.97 Å². The summed E-state index contributed by atoms with van der Waals surface area (Å²) in [5.41, 5.74) is 0.401. The first-order chi connectivity index (χ1) is 11.6. The standard InChI is InChI=1S/C19H26N2O4/c1-18(2,3)14-8-6-13(7-9-14)16(23)20-12-15(22)21-19(17(24)25)10-4-5-11-19/h6-9H,4-5,10-12H2,1-3H3,(H,20,23)(H,21,22)(H,24,25). The van der Waals surface area contributed by atoms with Crippen LogP contribution in [0.1, 0.15) is 62.4 Å².